The molecule has 0 heterocycles. The Bertz CT molecular complexity index is 996. The lowest BCUT2D eigenvalue weighted by Gasteiger charge is -2.03. The molecule has 0 aliphatic rings. The number of non-ortho nitro benzene ring substituents is 1. The summed E-state index contributed by atoms with van der Waals surface area (Å²) in [6, 6.07) is 16.8. The summed E-state index contributed by atoms with van der Waals surface area (Å²) in [5, 5.41) is 27.9. The Morgan fingerprint density at radius 1 is 0.920 bits per heavy atom. The Morgan fingerprint density at radius 2 is 1.68 bits per heavy atom. The smallest absolute Gasteiger partial charge is 0.272 e. The molecule has 1 N–H and O–H groups in total. The number of nitro groups is 2. The van der Waals surface area contributed by atoms with Gasteiger partial charge in [-0.15, -0.1) is 0 Å². The van der Waals surface area contributed by atoms with E-state index in [0.717, 1.165) is 22.4 Å². The predicted octanol–water partition coefficient (Wildman–Crippen LogP) is 4.10. The van der Waals surface area contributed by atoms with Gasteiger partial charge in [-0.3, -0.25) is 25.7 Å². The summed E-state index contributed by atoms with van der Waals surface area (Å²) in [7, 11) is 0. The maximum absolute atomic E-state index is 11.1. The topological polar surface area (TPSA) is 111 Å². The zero-order chi connectivity index (χ0) is 17.8. The highest BCUT2D eigenvalue weighted by Crippen LogP contribution is 2.29. The van der Waals surface area contributed by atoms with Gasteiger partial charge in [-0.25, -0.2) is 0 Å². The van der Waals surface area contributed by atoms with E-state index in [2.05, 4.69) is 10.5 Å². The summed E-state index contributed by atoms with van der Waals surface area (Å²) in [4.78, 5) is 20.5. The molecule has 0 aromatic heterocycles. The first-order valence-corrected chi connectivity index (χ1v) is 7.26. The van der Waals surface area contributed by atoms with Crippen LogP contribution < -0.4 is 5.43 Å². The standard InChI is InChI=1S/C17H12N4O4/c22-20(23)14-8-9-16(17(10-14)21(24)25)19-18-11-13-6-3-5-12-4-1-2-7-15(12)13/h1-11,19H. The highest BCUT2D eigenvalue weighted by Gasteiger charge is 2.19. The first-order chi connectivity index (χ1) is 12.1. The molecule has 25 heavy (non-hydrogen) atoms. The van der Waals surface area contributed by atoms with Gasteiger partial charge in [0.15, 0.2) is 0 Å². The Morgan fingerprint density at radius 3 is 2.44 bits per heavy atom. The third-order valence-corrected chi connectivity index (χ3v) is 3.60. The highest BCUT2D eigenvalue weighted by atomic mass is 16.6. The van der Waals surface area contributed by atoms with Crippen molar-refractivity contribution in [2.45, 2.75) is 0 Å². The Balaban J connectivity index is 1.89. The van der Waals surface area contributed by atoms with Crippen LogP contribution in [0.1, 0.15) is 5.56 Å². The van der Waals surface area contributed by atoms with Gasteiger partial charge in [-0.05, 0) is 16.8 Å². The fourth-order valence-electron chi connectivity index (χ4n) is 2.41. The maximum Gasteiger partial charge on any atom is 0.301 e. The number of benzene rings is 3. The maximum atomic E-state index is 11.1. The summed E-state index contributed by atoms with van der Waals surface area (Å²) < 4.78 is 0. The molecule has 0 unspecified atom stereocenters. The van der Waals surface area contributed by atoms with E-state index in [-0.39, 0.29) is 11.4 Å². The average Bonchev–Trinajstić information content (AvgIpc) is 2.61. The van der Waals surface area contributed by atoms with Crippen LogP contribution in [0.3, 0.4) is 0 Å². The largest absolute Gasteiger partial charge is 0.301 e. The van der Waals surface area contributed by atoms with Crippen molar-refractivity contribution < 1.29 is 9.85 Å². The normalized spacial score (nSPS) is 10.9. The van der Waals surface area contributed by atoms with Gasteiger partial charge in [0.2, 0.25) is 0 Å². The molecule has 0 bridgehead atoms. The van der Waals surface area contributed by atoms with E-state index in [9.17, 15) is 20.2 Å². The van der Waals surface area contributed by atoms with E-state index in [1.807, 2.05) is 42.5 Å². The van der Waals surface area contributed by atoms with Crippen molar-refractivity contribution in [1.82, 2.24) is 0 Å². The van der Waals surface area contributed by atoms with Gasteiger partial charge in [-0.1, -0.05) is 42.5 Å². The number of hydrogen-bond donors (Lipinski definition) is 1. The van der Waals surface area contributed by atoms with E-state index >= 15 is 0 Å². The predicted molar refractivity (Wildman–Crippen MR) is 94.9 cm³/mol. The molecule has 0 aliphatic carbocycles. The molecule has 0 aliphatic heterocycles. The average molecular weight is 336 g/mol. The summed E-state index contributed by atoms with van der Waals surface area (Å²) in [5.41, 5.74) is 2.73. The summed E-state index contributed by atoms with van der Waals surface area (Å²) in [6.45, 7) is 0. The molecule has 0 saturated heterocycles. The number of nitrogens with zero attached hydrogens (tertiary/aromatic N) is 3. The minimum absolute atomic E-state index is 0.0760. The molecule has 0 atom stereocenters. The van der Waals surface area contributed by atoms with Crippen LogP contribution in [0.5, 0.6) is 0 Å². The number of nitro benzene ring substituents is 2. The second kappa shape index (κ2) is 6.75. The van der Waals surface area contributed by atoms with E-state index in [1.165, 1.54) is 12.1 Å². The van der Waals surface area contributed by atoms with Crippen molar-refractivity contribution in [2.24, 2.45) is 5.10 Å². The van der Waals surface area contributed by atoms with Crippen LogP contribution >= 0.6 is 0 Å². The molecule has 8 nitrogen and oxygen atoms in total. The van der Waals surface area contributed by atoms with Crippen molar-refractivity contribution >= 4 is 34.0 Å². The summed E-state index contributed by atoms with van der Waals surface area (Å²) in [6.07, 6.45) is 1.55. The Labute approximate surface area is 141 Å². The van der Waals surface area contributed by atoms with E-state index < -0.39 is 15.5 Å². The SMILES string of the molecule is O=[N+]([O-])c1ccc(NN=Cc2cccc3ccccc23)c([N+](=O)[O-])c1. The molecule has 0 spiro atoms. The van der Waals surface area contributed by atoms with Crippen molar-refractivity contribution in [3.63, 3.8) is 0 Å². The fraction of sp³-hybridized carbons (Fsp3) is 0. The molecule has 0 radical (unpaired) electrons. The van der Waals surface area contributed by atoms with Crippen molar-refractivity contribution in [2.75, 3.05) is 5.43 Å². The Kier molecular flexibility index (Phi) is 4.34. The molecule has 3 aromatic carbocycles. The number of hydrogen-bond acceptors (Lipinski definition) is 6. The number of anilines is 1. The van der Waals surface area contributed by atoms with Crippen LogP contribution in [0.25, 0.3) is 10.8 Å². The fourth-order valence-corrected chi connectivity index (χ4v) is 2.41. The van der Waals surface area contributed by atoms with Crippen molar-refractivity contribution in [1.29, 1.82) is 0 Å². The third kappa shape index (κ3) is 3.42. The summed E-state index contributed by atoms with van der Waals surface area (Å²) >= 11 is 0. The molecule has 8 heteroatoms. The van der Waals surface area contributed by atoms with E-state index in [0.29, 0.717) is 0 Å². The number of nitrogens with one attached hydrogen (secondary N) is 1. The van der Waals surface area contributed by atoms with Gasteiger partial charge in [0.05, 0.1) is 22.1 Å². The van der Waals surface area contributed by atoms with E-state index in [1.54, 1.807) is 6.21 Å². The van der Waals surface area contributed by atoms with Gasteiger partial charge < -0.3 is 0 Å². The number of rotatable bonds is 5. The van der Waals surface area contributed by atoms with Gasteiger partial charge in [0, 0.05) is 11.6 Å². The Hall–Kier alpha value is -3.81. The zero-order valence-corrected chi connectivity index (χ0v) is 12.8. The summed E-state index contributed by atoms with van der Waals surface area (Å²) in [5.74, 6) is 0. The monoisotopic (exact) mass is 336 g/mol. The lowest BCUT2D eigenvalue weighted by molar-refractivity contribution is -0.393. The molecule has 0 amide bonds. The van der Waals surface area contributed by atoms with Crippen molar-refractivity contribution in [3.05, 3.63) is 86.5 Å². The minimum Gasteiger partial charge on any atom is -0.272 e. The van der Waals surface area contributed by atoms with Gasteiger partial charge in [0.25, 0.3) is 5.69 Å². The first-order valence-electron chi connectivity index (χ1n) is 7.26. The zero-order valence-electron chi connectivity index (χ0n) is 12.8. The quantitative estimate of drug-likeness (QED) is 0.428. The minimum atomic E-state index is -0.692. The van der Waals surface area contributed by atoms with Gasteiger partial charge in [-0.2, -0.15) is 5.10 Å². The molecular formula is C17H12N4O4. The lowest BCUT2D eigenvalue weighted by Crippen LogP contribution is -1.98. The molecule has 0 fully saturated rings. The van der Waals surface area contributed by atoms with Crippen LogP contribution in [0.4, 0.5) is 17.1 Å². The third-order valence-electron chi connectivity index (χ3n) is 3.60. The second-order valence-corrected chi connectivity index (χ2v) is 5.15. The van der Waals surface area contributed by atoms with Gasteiger partial charge in [0.1, 0.15) is 5.69 Å². The second-order valence-electron chi connectivity index (χ2n) is 5.15. The van der Waals surface area contributed by atoms with Gasteiger partial charge >= 0.3 is 5.69 Å². The molecule has 3 rings (SSSR count). The first kappa shape index (κ1) is 16.1. The van der Waals surface area contributed by atoms with Crippen LogP contribution in [0.15, 0.2) is 65.8 Å². The number of fused-ring (bicyclic) bond motifs is 1. The van der Waals surface area contributed by atoms with Crippen LogP contribution in [-0.2, 0) is 0 Å². The van der Waals surface area contributed by atoms with Crippen molar-refractivity contribution in [3.8, 4) is 0 Å². The number of hydrazone groups is 1. The van der Waals surface area contributed by atoms with Crippen LogP contribution in [0, 0.1) is 20.2 Å². The molecular weight excluding hydrogens is 324 g/mol. The molecule has 0 saturated carbocycles. The van der Waals surface area contributed by atoms with Crippen LogP contribution in [-0.4, -0.2) is 16.1 Å². The molecule has 124 valence electrons. The molecule has 3 aromatic rings. The van der Waals surface area contributed by atoms with Crippen LogP contribution in [0.2, 0.25) is 0 Å². The lowest BCUT2D eigenvalue weighted by atomic mass is 10.1. The highest BCUT2D eigenvalue weighted by molar-refractivity contribution is 5.99. The van der Waals surface area contributed by atoms with E-state index in [4.69, 9.17) is 0 Å².